The molecule has 0 spiro atoms. The number of hydrogen-bond donors (Lipinski definition) is 1. The lowest BCUT2D eigenvalue weighted by molar-refractivity contribution is -0.115. The molecule has 0 saturated carbocycles. The van der Waals surface area contributed by atoms with E-state index in [-0.39, 0.29) is 18.1 Å². The number of amides is 1. The Kier molecular flexibility index (Phi) is 5.33. The third kappa shape index (κ3) is 4.68. The van der Waals surface area contributed by atoms with Gasteiger partial charge >= 0.3 is 0 Å². The maximum atomic E-state index is 13.3. The molecule has 0 fully saturated rings. The van der Waals surface area contributed by atoms with E-state index in [1.165, 1.54) is 12.1 Å². The van der Waals surface area contributed by atoms with E-state index < -0.39 is 0 Å². The van der Waals surface area contributed by atoms with Crippen molar-refractivity contribution in [3.05, 3.63) is 96.8 Å². The summed E-state index contributed by atoms with van der Waals surface area (Å²) in [5, 5.41) is 2.82. The number of anilines is 1. The van der Waals surface area contributed by atoms with Gasteiger partial charge in [-0.3, -0.25) is 19.7 Å². The summed E-state index contributed by atoms with van der Waals surface area (Å²) in [6.45, 7) is 0. The van der Waals surface area contributed by atoms with Gasteiger partial charge in [0.15, 0.2) is 0 Å². The lowest BCUT2D eigenvalue weighted by Gasteiger charge is -2.07. The number of halogens is 1. The van der Waals surface area contributed by atoms with Crippen LogP contribution in [-0.4, -0.2) is 20.9 Å². The zero-order valence-corrected chi connectivity index (χ0v) is 15.4. The van der Waals surface area contributed by atoms with Gasteiger partial charge in [0, 0.05) is 29.7 Å². The van der Waals surface area contributed by atoms with E-state index in [4.69, 9.17) is 0 Å². The SMILES string of the molecule is O=C(Cc1ccc(-c2ccncc2)nc1)Nc1ccc(-c2cccc(F)c2)nc1. The fraction of sp³-hybridized carbons (Fsp3) is 0.0435. The molecule has 1 amide bonds. The number of rotatable bonds is 5. The largest absolute Gasteiger partial charge is 0.324 e. The summed E-state index contributed by atoms with van der Waals surface area (Å²) in [6, 6.07) is 17.2. The fourth-order valence-corrected chi connectivity index (χ4v) is 2.90. The monoisotopic (exact) mass is 384 g/mol. The Bertz CT molecular complexity index is 1110. The molecule has 0 bridgehead atoms. The molecule has 6 heteroatoms. The summed E-state index contributed by atoms with van der Waals surface area (Å²) in [5.41, 5.74) is 4.51. The molecule has 3 heterocycles. The van der Waals surface area contributed by atoms with Crippen molar-refractivity contribution in [1.82, 2.24) is 15.0 Å². The molecule has 4 rings (SSSR count). The first kappa shape index (κ1) is 18.4. The van der Waals surface area contributed by atoms with Crippen LogP contribution in [0.25, 0.3) is 22.5 Å². The number of benzene rings is 1. The molecule has 3 aromatic heterocycles. The van der Waals surface area contributed by atoms with Crippen LogP contribution >= 0.6 is 0 Å². The Morgan fingerprint density at radius 3 is 2.31 bits per heavy atom. The van der Waals surface area contributed by atoms with Gasteiger partial charge in [0.1, 0.15) is 5.82 Å². The van der Waals surface area contributed by atoms with Crippen LogP contribution in [0.2, 0.25) is 0 Å². The molecule has 0 aliphatic rings. The molecule has 4 aromatic rings. The summed E-state index contributed by atoms with van der Waals surface area (Å²) in [4.78, 5) is 25.0. The van der Waals surface area contributed by atoms with Crippen LogP contribution in [0.1, 0.15) is 5.56 Å². The van der Waals surface area contributed by atoms with Crippen LogP contribution in [0.3, 0.4) is 0 Å². The smallest absolute Gasteiger partial charge is 0.228 e. The average molecular weight is 384 g/mol. The number of nitrogens with one attached hydrogen (secondary N) is 1. The lowest BCUT2D eigenvalue weighted by atomic mass is 10.1. The molecule has 0 radical (unpaired) electrons. The van der Waals surface area contributed by atoms with E-state index in [0.717, 1.165) is 16.8 Å². The van der Waals surface area contributed by atoms with Gasteiger partial charge in [0.05, 0.1) is 29.7 Å². The molecule has 1 N–H and O–H groups in total. The highest BCUT2D eigenvalue weighted by molar-refractivity contribution is 5.92. The summed E-state index contributed by atoms with van der Waals surface area (Å²) < 4.78 is 13.3. The van der Waals surface area contributed by atoms with E-state index >= 15 is 0 Å². The van der Waals surface area contributed by atoms with Crippen LogP contribution in [0.5, 0.6) is 0 Å². The number of nitrogens with zero attached hydrogens (tertiary/aromatic N) is 3. The summed E-state index contributed by atoms with van der Waals surface area (Å²) in [6.07, 6.45) is 6.89. The van der Waals surface area contributed by atoms with Crippen molar-refractivity contribution in [1.29, 1.82) is 0 Å². The Hall–Kier alpha value is -3.93. The predicted octanol–water partition coefficient (Wildman–Crippen LogP) is 4.53. The van der Waals surface area contributed by atoms with Crippen molar-refractivity contribution in [3.8, 4) is 22.5 Å². The van der Waals surface area contributed by atoms with Crippen molar-refractivity contribution < 1.29 is 9.18 Å². The lowest BCUT2D eigenvalue weighted by Crippen LogP contribution is -2.14. The molecule has 0 aliphatic heterocycles. The van der Waals surface area contributed by atoms with E-state index in [0.29, 0.717) is 16.9 Å². The minimum Gasteiger partial charge on any atom is -0.324 e. The molecule has 5 nitrogen and oxygen atoms in total. The van der Waals surface area contributed by atoms with Gasteiger partial charge < -0.3 is 5.32 Å². The first-order valence-corrected chi connectivity index (χ1v) is 9.04. The van der Waals surface area contributed by atoms with Crippen molar-refractivity contribution in [2.75, 3.05) is 5.32 Å². The molecule has 29 heavy (non-hydrogen) atoms. The average Bonchev–Trinajstić information content (AvgIpc) is 2.75. The van der Waals surface area contributed by atoms with Gasteiger partial charge in [-0.25, -0.2) is 4.39 Å². The minimum absolute atomic E-state index is 0.163. The Labute approximate surface area is 167 Å². The second-order valence-corrected chi connectivity index (χ2v) is 6.45. The quantitative estimate of drug-likeness (QED) is 0.549. The van der Waals surface area contributed by atoms with Crippen LogP contribution in [0, 0.1) is 5.82 Å². The number of carbonyl (C=O) groups excluding carboxylic acids is 1. The first-order valence-electron chi connectivity index (χ1n) is 9.04. The van der Waals surface area contributed by atoms with E-state index in [1.807, 2.05) is 24.3 Å². The van der Waals surface area contributed by atoms with Crippen molar-refractivity contribution in [2.24, 2.45) is 0 Å². The zero-order chi connectivity index (χ0) is 20.1. The molecular formula is C23H17FN4O. The standard InChI is InChI=1S/C23H17FN4O/c24-19-3-1-2-18(13-19)22-7-5-20(15-27-22)28-23(29)12-16-4-6-21(26-14-16)17-8-10-25-11-9-17/h1-11,13-15H,12H2,(H,28,29). The van der Waals surface area contributed by atoms with Crippen molar-refractivity contribution >= 4 is 11.6 Å². The van der Waals surface area contributed by atoms with E-state index in [2.05, 4.69) is 20.3 Å². The van der Waals surface area contributed by atoms with Crippen LogP contribution < -0.4 is 5.32 Å². The van der Waals surface area contributed by atoms with Gasteiger partial charge in [-0.1, -0.05) is 18.2 Å². The van der Waals surface area contributed by atoms with E-state index in [9.17, 15) is 9.18 Å². The molecule has 0 aliphatic carbocycles. The molecule has 0 unspecified atom stereocenters. The molecular weight excluding hydrogens is 367 g/mol. The number of pyridine rings is 3. The van der Waals surface area contributed by atoms with Crippen LogP contribution in [-0.2, 0) is 11.2 Å². The third-order valence-corrected chi connectivity index (χ3v) is 4.33. The highest BCUT2D eigenvalue weighted by Crippen LogP contribution is 2.20. The van der Waals surface area contributed by atoms with Crippen molar-refractivity contribution in [3.63, 3.8) is 0 Å². The topological polar surface area (TPSA) is 67.8 Å². The molecule has 0 saturated heterocycles. The summed E-state index contributed by atoms with van der Waals surface area (Å²) in [7, 11) is 0. The Balaban J connectivity index is 1.38. The number of aromatic nitrogens is 3. The van der Waals surface area contributed by atoms with Crippen LogP contribution in [0.15, 0.2) is 85.5 Å². The van der Waals surface area contributed by atoms with E-state index in [1.54, 1.807) is 49.1 Å². The highest BCUT2D eigenvalue weighted by Gasteiger charge is 2.07. The van der Waals surface area contributed by atoms with Gasteiger partial charge in [-0.15, -0.1) is 0 Å². The molecule has 1 aromatic carbocycles. The van der Waals surface area contributed by atoms with Gasteiger partial charge in [-0.05, 0) is 48.0 Å². The molecule has 0 atom stereocenters. The second kappa shape index (κ2) is 8.39. The predicted molar refractivity (Wildman–Crippen MR) is 109 cm³/mol. The normalized spacial score (nSPS) is 10.5. The van der Waals surface area contributed by atoms with Gasteiger partial charge in [-0.2, -0.15) is 0 Å². The number of carbonyl (C=O) groups is 1. The second-order valence-electron chi connectivity index (χ2n) is 6.45. The van der Waals surface area contributed by atoms with Crippen LogP contribution in [0.4, 0.5) is 10.1 Å². The summed E-state index contributed by atoms with van der Waals surface area (Å²) >= 11 is 0. The zero-order valence-electron chi connectivity index (χ0n) is 15.4. The Morgan fingerprint density at radius 1 is 0.862 bits per heavy atom. The first-order chi connectivity index (χ1) is 14.2. The maximum Gasteiger partial charge on any atom is 0.228 e. The van der Waals surface area contributed by atoms with Gasteiger partial charge in [0.25, 0.3) is 0 Å². The van der Waals surface area contributed by atoms with Gasteiger partial charge in [0.2, 0.25) is 5.91 Å². The van der Waals surface area contributed by atoms with Crippen molar-refractivity contribution in [2.45, 2.75) is 6.42 Å². The fourth-order valence-electron chi connectivity index (χ4n) is 2.90. The highest BCUT2D eigenvalue weighted by atomic mass is 19.1. The third-order valence-electron chi connectivity index (χ3n) is 4.33. The minimum atomic E-state index is -0.315. The molecule has 142 valence electrons. The maximum absolute atomic E-state index is 13.3. The summed E-state index contributed by atoms with van der Waals surface area (Å²) in [5.74, 6) is -0.478. The number of hydrogen-bond acceptors (Lipinski definition) is 4. The Morgan fingerprint density at radius 2 is 1.62 bits per heavy atom.